The van der Waals surface area contributed by atoms with Gasteiger partial charge in [0.1, 0.15) is 5.78 Å². The second kappa shape index (κ2) is 17.8. The summed E-state index contributed by atoms with van der Waals surface area (Å²) in [5, 5.41) is 64.9. The lowest BCUT2D eigenvalue weighted by atomic mass is 9.46. The van der Waals surface area contributed by atoms with E-state index in [2.05, 4.69) is 25.5 Å². The minimum absolute atomic E-state index is 0.0103. The van der Waals surface area contributed by atoms with Gasteiger partial charge in [-0.05, 0) is 155 Å². The number of hydrogen-bond donors (Lipinski definition) is 7. The first-order valence-corrected chi connectivity index (χ1v) is 23.4. The number of aliphatic hydroxyl groups excluding tert-OH is 4. The predicted molar refractivity (Wildman–Crippen MR) is 231 cm³/mol. The molecule has 61 heavy (non-hydrogen) atoms. The number of fused-ring (bicyclic) bond motifs is 10. The highest BCUT2D eigenvalue weighted by Crippen LogP contribution is 2.69. The third-order valence-corrected chi connectivity index (χ3v) is 18.8. The molecule has 0 aromatic heterocycles. The molecule has 3 unspecified atom stereocenters. The molecule has 0 spiro atoms. The first-order valence-electron chi connectivity index (χ1n) is 23.4. The van der Waals surface area contributed by atoms with Crippen LogP contribution in [0.5, 0.6) is 0 Å². The van der Waals surface area contributed by atoms with Gasteiger partial charge in [-0.25, -0.2) is 0 Å². The van der Waals surface area contributed by atoms with E-state index in [0.29, 0.717) is 63.5 Å². The van der Waals surface area contributed by atoms with Gasteiger partial charge in [0.15, 0.2) is 11.6 Å². The van der Waals surface area contributed by atoms with Crippen molar-refractivity contribution in [3.05, 3.63) is 23.3 Å². The van der Waals surface area contributed by atoms with Crippen LogP contribution in [-0.2, 0) is 23.9 Å². The van der Waals surface area contributed by atoms with E-state index < -0.39 is 46.4 Å². The Morgan fingerprint density at radius 3 is 1.61 bits per heavy atom. The Kier molecular flexibility index (Phi) is 14.2. The van der Waals surface area contributed by atoms with Gasteiger partial charge < -0.3 is 45.8 Å². The summed E-state index contributed by atoms with van der Waals surface area (Å²) in [6.07, 6.45) is 9.87. The van der Waals surface area contributed by atoms with E-state index in [1.807, 2.05) is 13.8 Å². The molecule has 0 bridgehead atoms. The van der Waals surface area contributed by atoms with E-state index in [9.17, 15) is 45.0 Å². The number of carbonyl (C=O) groups is 3. The smallest absolute Gasteiger partial charge is 0.159 e. The summed E-state index contributed by atoms with van der Waals surface area (Å²) in [5.41, 5.74) is 3.05. The monoisotopic (exact) mass is 858 g/mol. The maximum atomic E-state index is 13.2. The van der Waals surface area contributed by atoms with E-state index >= 15 is 0 Å². The number of nitrogens with two attached hydrogens (primary N) is 1. The van der Waals surface area contributed by atoms with Gasteiger partial charge in [0.05, 0.1) is 42.2 Å². The Balaban J connectivity index is 0.000000185. The van der Waals surface area contributed by atoms with E-state index in [-0.39, 0.29) is 64.2 Å². The highest BCUT2D eigenvalue weighted by molar-refractivity contribution is 5.95. The quantitative estimate of drug-likeness (QED) is 0.167. The summed E-state index contributed by atoms with van der Waals surface area (Å²) in [4.78, 5) is 38.3. The van der Waals surface area contributed by atoms with Crippen LogP contribution in [0.1, 0.15) is 131 Å². The van der Waals surface area contributed by atoms with Crippen molar-refractivity contribution in [2.24, 2.45) is 68.8 Å². The average molecular weight is 858 g/mol. The number of ether oxygens (including phenoxy) is 2. The van der Waals surface area contributed by atoms with Crippen LogP contribution in [0.25, 0.3) is 0 Å². The SMILES string of the molecule is CC(=O)[C@H]1CC[C@@]2(O)C3=CC(=O)[C@@H]4C[C@@H](O)[C@@H](O)C[C@]4(C)C3CC[C@]12C.COCCCC(C)[C@H]1CC[C@@]2(O)C3=CC(=O)[C@@H]4C[C@@H](O)[C@@H](O)C[C@]4(C)C3CC[C@]12C.COCCN. The van der Waals surface area contributed by atoms with Gasteiger partial charge in [0, 0.05) is 56.0 Å². The van der Waals surface area contributed by atoms with Gasteiger partial charge in [-0.15, -0.1) is 0 Å². The molecule has 6 fully saturated rings. The van der Waals surface area contributed by atoms with Crippen LogP contribution in [0.15, 0.2) is 23.3 Å². The van der Waals surface area contributed by atoms with Gasteiger partial charge in [-0.2, -0.15) is 0 Å². The largest absolute Gasteiger partial charge is 0.390 e. The molecule has 0 aromatic rings. The molecular weight excluding hydrogens is 779 g/mol. The normalized spacial score (nSPS) is 47.6. The summed E-state index contributed by atoms with van der Waals surface area (Å²) in [6, 6.07) is 0. The molecule has 12 nitrogen and oxygen atoms in total. The van der Waals surface area contributed by atoms with Crippen molar-refractivity contribution >= 4 is 17.3 Å². The third-order valence-electron chi connectivity index (χ3n) is 18.8. The lowest BCUT2D eigenvalue weighted by Crippen LogP contribution is -2.60. The molecule has 8 aliphatic carbocycles. The molecule has 17 atom stereocenters. The van der Waals surface area contributed by atoms with Crippen LogP contribution in [0.2, 0.25) is 0 Å². The van der Waals surface area contributed by atoms with Gasteiger partial charge in [0.2, 0.25) is 0 Å². The van der Waals surface area contributed by atoms with E-state index in [4.69, 9.17) is 10.5 Å². The standard InChI is InChI=1S/C25H40O5.C21H30O5.C3H9NO/c1-15(6-5-11-30-4)16-8-10-25(29)18-12-20(26)19-13-21(27)22(28)14-23(19,2)17(18)7-9-24(16,25)3;1-11(22)12-5-7-21(26)14-8-16(23)15-9-17(24)18(25)10-19(15,2)13(14)4-6-20(12,21)3;1-5-3-2-4/h12,15-17,19,21-22,27-29H,5-11,13-14H2,1-4H3;8,12-13,15,17-18,24-26H,4-7,9-10H2,1-3H3;2-4H2,1H3/t15?,16-,17?,19+,21-,22+,23-,24-,25-;12-,13?,15+,17-,18+,19-,20-,21-;/m11./s1. The Hall–Kier alpha value is -1.87. The van der Waals surface area contributed by atoms with Crippen molar-refractivity contribution in [2.45, 2.75) is 167 Å². The van der Waals surface area contributed by atoms with Crippen molar-refractivity contribution in [2.75, 3.05) is 34.0 Å². The fourth-order valence-electron chi connectivity index (χ4n) is 15.2. The Bertz CT molecular complexity index is 1710. The zero-order valence-corrected chi connectivity index (χ0v) is 38.3. The number of carbonyl (C=O) groups excluding carboxylic acids is 3. The third kappa shape index (κ3) is 7.81. The van der Waals surface area contributed by atoms with Crippen LogP contribution >= 0.6 is 0 Å². The molecule has 6 saturated carbocycles. The molecule has 0 amide bonds. The fourth-order valence-corrected chi connectivity index (χ4v) is 15.2. The second-order valence-corrected chi connectivity index (χ2v) is 21.7. The Labute approximate surface area is 364 Å². The van der Waals surface area contributed by atoms with Gasteiger partial charge >= 0.3 is 0 Å². The summed E-state index contributed by atoms with van der Waals surface area (Å²) >= 11 is 0. The summed E-state index contributed by atoms with van der Waals surface area (Å²) in [5.74, 6) is 0.400. The molecule has 346 valence electrons. The molecule has 0 heterocycles. The number of Topliss-reactive ketones (excluding diaryl/α,β-unsaturated/α-hetero) is 1. The van der Waals surface area contributed by atoms with Gasteiger partial charge in [0.25, 0.3) is 0 Å². The predicted octanol–water partition coefficient (Wildman–Crippen LogP) is 4.63. The van der Waals surface area contributed by atoms with Crippen molar-refractivity contribution < 1.29 is 54.5 Å². The minimum atomic E-state index is -1.13. The topological polar surface area (TPSA) is 217 Å². The van der Waals surface area contributed by atoms with Crippen LogP contribution in [0, 0.1) is 63.1 Å². The van der Waals surface area contributed by atoms with E-state index in [1.54, 1.807) is 33.3 Å². The van der Waals surface area contributed by atoms with Gasteiger partial charge in [-0.1, -0.05) is 34.6 Å². The number of rotatable bonds is 8. The molecule has 0 radical (unpaired) electrons. The number of methoxy groups -OCH3 is 2. The zero-order valence-electron chi connectivity index (χ0n) is 38.3. The molecule has 8 rings (SSSR count). The van der Waals surface area contributed by atoms with E-state index in [1.165, 1.54) is 0 Å². The van der Waals surface area contributed by atoms with Crippen LogP contribution in [-0.4, -0.2) is 118 Å². The summed E-state index contributed by atoms with van der Waals surface area (Å²) in [7, 11) is 3.37. The number of allylic oxidation sites excluding steroid dienone is 2. The highest BCUT2D eigenvalue weighted by atomic mass is 16.5. The first kappa shape index (κ1) is 48.6. The van der Waals surface area contributed by atoms with Crippen molar-refractivity contribution in [1.29, 1.82) is 0 Å². The van der Waals surface area contributed by atoms with Crippen LogP contribution in [0.4, 0.5) is 0 Å². The second-order valence-electron chi connectivity index (χ2n) is 21.7. The molecule has 0 aromatic carbocycles. The lowest BCUT2D eigenvalue weighted by Gasteiger charge is -2.60. The van der Waals surface area contributed by atoms with Crippen molar-refractivity contribution in [3.8, 4) is 0 Å². The zero-order chi connectivity index (χ0) is 45.1. The highest BCUT2D eigenvalue weighted by Gasteiger charge is 2.68. The molecular formula is C49H79NO11. The molecule has 0 aliphatic heterocycles. The Morgan fingerprint density at radius 2 is 1.16 bits per heavy atom. The van der Waals surface area contributed by atoms with Crippen LogP contribution < -0.4 is 5.73 Å². The fraction of sp³-hybridized carbons (Fsp3) is 0.857. The maximum Gasteiger partial charge on any atom is 0.159 e. The average Bonchev–Trinajstić information content (AvgIpc) is 3.64. The molecule has 0 saturated heterocycles. The van der Waals surface area contributed by atoms with E-state index in [0.717, 1.165) is 62.7 Å². The number of ketones is 3. The number of hydrogen-bond acceptors (Lipinski definition) is 12. The first-order chi connectivity index (χ1) is 28.5. The lowest BCUT2D eigenvalue weighted by molar-refractivity contribution is -0.154. The van der Waals surface area contributed by atoms with Crippen LogP contribution in [0.3, 0.4) is 0 Å². The number of aliphatic hydroxyl groups is 6. The molecule has 12 heteroatoms. The summed E-state index contributed by atoms with van der Waals surface area (Å²) < 4.78 is 9.80. The molecule has 8 aliphatic rings. The maximum absolute atomic E-state index is 13.2. The van der Waals surface area contributed by atoms with Crippen molar-refractivity contribution in [3.63, 3.8) is 0 Å². The van der Waals surface area contributed by atoms with Gasteiger partial charge in [-0.3, -0.25) is 14.4 Å². The Morgan fingerprint density at radius 1 is 0.705 bits per heavy atom. The summed E-state index contributed by atoms with van der Waals surface area (Å²) in [6.45, 7) is 14.4. The molecule has 8 N–H and O–H groups in total. The van der Waals surface area contributed by atoms with Crippen molar-refractivity contribution in [1.82, 2.24) is 0 Å². The minimum Gasteiger partial charge on any atom is -0.390 e.